The fourth-order valence-electron chi connectivity index (χ4n) is 4.36. The van der Waals surface area contributed by atoms with Gasteiger partial charge in [0.25, 0.3) is 0 Å². The molecular formula is C29H26ClN5O4. The van der Waals surface area contributed by atoms with E-state index in [0.29, 0.717) is 64.1 Å². The molecule has 1 aliphatic rings. The summed E-state index contributed by atoms with van der Waals surface area (Å²) < 4.78 is 17.0. The summed E-state index contributed by atoms with van der Waals surface area (Å²) in [5.74, 6) is 1.18. The van der Waals surface area contributed by atoms with E-state index in [1.807, 2.05) is 19.1 Å². The third kappa shape index (κ3) is 5.66. The van der Waals surface area contributed by atoms with E-state index < -0.39 is 6.09 Å². The van der Waals surface area contributed by atoms with Gasteiger partial charge in [-0.15, -0.1) is 0 Å². The molecule has 0 aliphatic carbocycles. The van der Waals surface area contributed by atoms with Crippen molar-refractivity contribution in [3.63, 3.8) is 0 Å². The number of carbonyl (C=O) groups excluding carboxylic acids is 1. The van der Waals surface area contributed by atoms with Crippen molar-refractivity contribution < 1.29 is 19.0 Å². The number of amides is 1. The molecule has 9 nitrogen and oxygen atoms in total. The fourth-order valence-corrected chi connectivity index (χ4v) is 4.58. The number of ether oxygens (including phenoxy) is 3. The lowest BCUT2D eigenvalue weighted by molar-refractivity contribution is 0.161. The van der Waals surface area contributed by atoms with E-state index in [2.05, 4.69) is 21.4 Å². The second-order valence-corrected chi connectivity index (χ2v) is 9.47. The van der Waals surface area contributed by atoms with Crippen molar-refractivity contribution in [2.75, 3.05) is 25.5 Å². The molecule has 1 fully saturated rings. The van der Waals surface area contributed by atoms with Crippen LogP contribution in [0.4, 0.5) is 16.2 Å². The van der Waals surface area contributed by atoms with Gasteiger partial charge in [0.05, 0.1) is 40.3 Å². The number of likely N-dealkylation sites (tertiary alicyclic amines) is 1. The molecule has 4 aromatic rings. The number of aromatic nitrogens is 2. The monoisotopic (exact) mass is 543 g/mol. The van der Waals surface area contributed by atoms with Crippen LogP contribution in [0, 0.1) is 18.3 Å². The molecule has 1 N–H and O–H groups in total. The molecule has 5 rings (SSSR count). The van der Waals surface area contributed by atoms with Gasteiger partial charge in [-0.05, 0) is 49.6 Å². The number of pyridine rings is 2. The van der Waals surface area contributed by atoms with Crippen LogP contribution < -0.4 is 19.5 Å². The molecule has 10 heteroatoms. The number of methoxy groups -OCH3 is 1. The first-order chi connectivity index (χ1) is 19.0. The first-order valence-electron chi connectivity index (χ1n) is 12.4. The Morgan fingerprint density at radius 3 is 2.69 bits per heavy atom. The van der Waals surface area contributed by atoms with Gasteiger partial charge in [-0.3, -0.25) is 9.97 Å². The molecule has 1 aliphatic heterocycles. The maximum absolute atomic E-state index is 12.6. The topological polar surface area (TPSA) is 110 Å². The van der Waals surface area contributed by atoms with Gasteiger partial charge in [0.1, 0.15) is 18.4 Å². The maximum Gasteiger partial charge on any atom is 0.415 e. The number of rotatable bonds is 7. The highest BCUT2D eigenvalue weighted by Crippen LogP contribution is 2.39. The number of hydrogen-bond acceptors (Lipinski definition) is 8. The van der Waals surface area contributed by atoms with Crippen LogP contribution in [0.2, 0.25) is 5.02 Å². The molecule has 3 heterocycles. The van der Waals surface area contributed by atoms with Crippen molar-refractivity contribution in [1.29, 1.82) is 5.26 Å². The Morgan fingerprint density at radius 2 is 1.97 bits per heavy atom. The predicted octanol–water partition coefficient (Wildman–Crippen LogP) is 6.39. The lowest BCUT2D eigenvalue weighted by Gasteiger charge is -2.18. The van der Waals surface area contributed by atoms with Crippen LogP contribution in [-0.4, -0.2) is 41.2 Å². The van der Waals surface area contributed by atoms with Crippen LogP contribution >= 0.6 is 11.6 Å². The van der Waals surface area contributed by atoms with Crippen LogP contribution in [0.15, 0.2) is 54.9 Å². The third-order valence-electron chi connectivity index (χ3n) is 6.53. The Balaban J connectivity index is 1.42. The molecule has 0 unspecified atom stereocenters. The summed E-state index contributed by atoms with van der Waals surface area (Å²) in [6, 6.07) is 14.6. The number of nitrogens with one attached hydrogen (secondary N) is 1. The quantitative estimate of drug-likeness (QED) is 0.285. The second kappa shape index (κ2) is 11.5. The van der Waals surface area contributed by atoms with Crippen molar-refractivity contribution in [3.05, 3.63) is 76.7 Å². The number of carbonyl (C=O) groups is 1. The molecule has 1 saturated heterocycles. The summed E-state index contributed by atoms with van der Waals surface area (Å²) in [5.41, 5.74) is 3.79. The highest BCUT2D eigenvalue weighted by Gasteiger charge is 2.22. The molecule has 0 saturated carbocycles. The summed E-state index contributed by atoms with van der Waals surface area (Å²) in [7, 11) is 1.49. The van der Waals surface area contributed by atoms with Gasteiger partial charge in [0.2, 0.25) is 0 Å². The van der Waals surface area contributed by atoms with E-state index in [0.717, 1.165) is 24.1 Å². The van der Waals surface area contributed by atoms with Gasteiger partial charge in [-0.2, -0.15) is 5.26 Å². The normalized spacial score (nSPS) is 12.7. The summed E-state index contributed by atoms with van der Waals surface area (Å²) in [5, 5.41) is 14.1. The molecule has 0 radical (unpaired) electrons. The number of hydrogen-bond donors (Lipinski definition) is 1. The number of aryl methyl sites for hydroxylation is 1. The van der Waals surface area contributed by atoms with Gasteiger partial charge in [-0.1, -0.05) is 17.7 Å². The third-order valence-corrected chi connectivity index (χ3v) is 6.84. The van der Waals surface area contributed by atoms with Gasteiger partial charge < -0.3 is 24.4 Å². The van der Waals surface area contributed by atoms with E-state index in [1.54, 1.807) is 41.4 Å². The Labute approximate surface area is 230 Å². The Bertz CT molecular complexity index is 1580. The zero-order chi connectivity index (χ0) is 27.4. The van der Waals surface area contributed by atoms with Crippen molar-refractivity contribution in [1.82, 2.24) is 14.9 Å². The number of nitriles is 1. The molecule has 39 heavy (non-hydrogen) atoms. The Hall–Kier alpha value is -4.55. The maximum atomic E-state index is 12.6. The second-order valence-electron chi connectivity index (χ2n) is 9.06. The molecule has 0 spiro atoms. The highest BCUT2D eigenvalue weighted by atomic mass is 35.5. The Morgan fingerprint density at radius 1 is 1.15 bits per heavy atom. The van der Waals surface area contributed by atoms with E-state index in [4.69, 9.17) is 25.8 Å². The summed E-state index contributed by atoms with van der Waals surface area (Å²) in [4.78, 5) is 23.0. The van der Waals surface area contributed by atoms with Crippen LogP contribution in [0.25, 0.3) is 10.9 Å². The number of halogens is 1. The lowest BCUT2D eigenvalue weighted by Crippen LogP contribution is -2.30. The van der Waals surface area contributed by atoms with Crippen LogP contribution in [0.5, 0.6) is 17.2 Å². The molecule has 1 amide bonds. The number of anilines is 2. The SMILES string of the molecule is COc1cc2c(Nc3ccc(OCc4ncccc4C)cc3Cl)c(C#N)cnc2cc1OC(=O)N1CCCC1. The molecule has 198 valence electrons. The zero-order valence-electron chi connectivity index (χ0n) is 21.5. The lowest BCUT2D eigenvalue weighted by atomic mass is 10.1. The first kappa shape index (κ1) is 26.1. The zero-order valence-corrected chi connectivity index (χ0v) is 22.3. The molecular weight excluding hydrogens is 518 g/mol. The van der Waals surface area contributed by atoms with Crippen molar-refractivity contribution >= 4 is 40.0 Å². The average molecular weight is 544 g/mol. The number of nitrogens with zero attached hydrogens (tertiary/aromatic N) is 4. The smallest absolute Gasteiger partial charge is 0.415 e. The van der Waals surface area contributed by atoms with Crippen LogP contribution in [0.3, 0.4) is 0 Å². The minimum absolute atomic E-state index is 0.257. The first-order valence-corrected chi connectivity index (χ1v) is 12.8. The number of fused-ring (bicyclic) bond motifs is 1. The van der Waals surface area contributed by atoms with Crippen LogP contribution in [-0.2, 0) is 6.61 Å². The minimum Gasteiger partial charge on any atom is -0.493 e. The Kier molecular flexibility index (Phi) is 7.66. The van der Waals surface area contributed by atoms with Gasteiger partial charge in [0, 0.05) is 43.0 Å². The molecule has 0 atom stereocenters. The van der Waals surface area contributed by atoms with Gasteiger partial charge in [0.15, 0.2) is 11.5 Å². The highest BCUT2D eigenvalue weighted by molar-refractivity contribution is 6.33. The average Bonchev–Trinajstić information content (AvgIpc) is 3.49. The van der Waals surface area contributed by atoms with E-state index in [9.17, 15) is 10.1 Å². The molecule has 2 aromatic carbocycles. The largest absolute Gasteiger partial charge is 0.493 e. The van der Waals surface area contributed by atoms with E-state index >= 15 is 0 Å². The summed E-state index contributed by atoms with van der Waals surface area (Å²) in [6.45, 7) is 3.63. The minimum atomic E-state index is -0.426. The van der Waals surface area contributed by atoms with Crippen molar-refractivity contribution in [3.8, 4) is 23.3 Å². The summed E-state index contributed by atoms with van der Waals surface area (Å²) in [6.07, 6.45) is 4.68. The predicted molar refractivity (Wildman–Crippen MR) is 148 cm³/mol. The van der Waals surface area contributed by atoms with E-state index in [1.165, 1.54) is 13.3 Å². The molecule has 2 aromatic heterocycles. The van der Waals surface area contributed by atoms with Crippen molar-refractivity contribution in [2.45, 2.75) is 26.4 Å². The van der Waals surface area contributed by atoms with Crippen molar-refractivity contribution in [2.24, 2.45) is 0 Å². The number of benzene rings is 2. The fraction of sp³-hybridized carbons (Fsp3) is 0.241. The molecule has 0 bridgehead atoms. The van der Waals surface area contributed by atoms with Gasteiger partial charge >= 0.3 is 6.09 Å². The standard InChI is InChI=1S/C29H26ClN5O4/c1-18-6-5-9-32-25(18)17-38-20-7-8-23(22(30)12-20)34-28-19(15-31)16-33-24-14-27(26(37-2)13-21(24)28)39-29(36)35-10-3-4-11-35/h5-9,12-14,16H,3-4,10-11,17H2,1-2H3,(H,33,34). The van der Waals surface area contributed by atoms with E-state index in [-0.39, 0.29) is 5.75 Å². The van der Waals surface area contributed by atoms with Crippen LogP contribution in [0.1, 0.15) is 29.7 Å². The summed E-state index contributed by atoms with van der Waals surface area (Å²) >= 11 is 6.60. The van der Waals surface area contributed by atoms with Gasteiger partial charge in [-0.25, -0.2) is 4.79 Å².